The van der Waals surface area contributed by atoms with Crippen molar-refractivity contribution in [2.24, 2.45) is 0 Å². The molecule has 1 aromatic carbocycles. The number of hydrogen-bond donors (Lipinski definition) is 0. The molecular formula is C17H26N2O. The third-order valence-corrected chi connectivity index (χ3v) is 4.09. The Morgan fingerprint density at radius 1 is 1.30 bits per heavy atom. The van der Waals surface area contributed by atoms with E-state index >= 15 is 0 Å². The molecule has 0 radical (unpaired) electrons. The van der Waals surface area contributed by atoms with E-state index < -0.39 is 0 Å². The number of carbonyl (C=O) groups is 1. The van der Waals surface area contributed by atoms with E-state index in [0.717, 1.165) is 19.5 Å². The van der Waals surface area contributed by atoms with Crippen LogP contribution in [0.1, 0.15) is 30.4 Å². The van der Waals surface area contributed by atoms with Gasteiger partial charge in [-0.05, 0) is 44.8 Å². The molecule has 0 atom stereocenters. The van der Waals surface area contributed by atoms with Gasteiger partial charge in [-0.3, -0.25) is 4.79 Å². The Labute approximate surface area is 122 Å². The lowest BCUT2D eigenvalue weighted by Crippen LogP contribution is -2.35. The molecule has 20 heavy (non-hydrogen) atoms. The first kappa shape index (κ1) is 15.0. The highest BCUT2D eigenvalue weighted by molar-refractivity contribution is 5.76. The third-order valence-electron chi connectivity index (χ3n) is 4.09. The van der Waals surface area contributed by atoms with Gasteiger partial charge in [0.2, 0.25) is 5.91 Å². The average molecular weight is 274 g/mol. The monoisotopic (exact) mass is 274 g/mol. The molecule has 3 nitrogen and oxygen atoms in total. The molecule has 0 spiro atoms. The average Bonchev–Trinajstić information content (AvgIpc) is 2.95. The predicted octanol–water partition coefficient (Wildman–Crippen LogP) is 2.48. The van der Waals surface area contributed by atoms with Gasteiger partial charge in [0.25, 0.3) is 0 Å². The van der Waals surface area contributed by atoms with Crippen molar-refractivity contribution in [2.45, 2.75) is 32.6 Å². The van der Waals surface area contributed by atoms with Gasteiger partial charge in [-0.15, -0.1) is 0 Å². The van der Waals surface area contributed by atoms with E-state index in [-0.39, 0.29) is 5.91 Å². The van der Waals surface area contributed by atoms with Crippen LogP contribution in [0.5, 0.6) is 0 Å². The summed E-state index contributed by atoms with van der Waals surface area (Å²) in [4.78, 5) is 16.4. The smallest absolute Gasteiger partial charge is 0.222 e. The number of aryl methyl sites for hydroxylation is 2. The maximum atomic E-state index is 12.1. The molecule has 1 saturated heterocycles. The van der Waals surface area contributed by atoms with E-state index in [0.29, 0.717) is 6.42 Å². The molecule has 1 heterocycles. The molecule has 0 bridgehead atoms. The summed E-state index contributed by atoms with van der Waals surface area (Å²) in [6.07, 6.45) is 4.07. The molecule has 0 aromatic heterocycles. The summed E-state index contributed by atoms with van der Waals surface area (Å²) in [7, 11) is 1.93. The highest BCUT2D eigenvalue weighted by Crippen LogP contribution is 2.09. The van der Waals surface area contributed by atoms with Gasteiger partial charge in [-0.25, -0.2) is 0 Å². The number of likely N-dealkylation sites (N-methyl/N-ethyl adjacent to an activating group) is 1. The van der Waals surface area contributed by atoms with E-state index in [1.54, 1.807) is 0 Å². The van der Waals surface area contributed by atoms with Gasteiger partial charge in [0, 0.05) is 26.6 Å². The fourth-order valence-electron chi connectivity index (χ4n) is 2.73. The Hall–Kier alpha value is -1.35. The van der Waals surface area contributed by atoms with Crippen molar-refractivity contribution < 1.29 is 4.79 Å². The zero-order chi connectivity index (χ0) is 14.4. The van der Waals surface area contributed by atoms with Gasteiger partial charge in [0.05, 0.1) is 0 Å². The lowest BCUT2D eigenvalue weighted by Gasteiger charge is -2.21. The summed E-state index contributed by atoms with van der Waals surface area (Å²) in [5, 5.41) is 0. The molecule has 3 heteroatoms. The van der Waals surface area contributed by atoms with E-state index in [9.17, 15) is 4.79 Å². The van der Waals surface area contributed by atoms with Crippen molar-refractivity contribution in [1.82, 2.24) is 9.80 Å². The standard InChI is InChI=1S/C17H26N2O/c1-15-6-5-7-16(14-15)8-9-17(20)18(2)12-13-19-10-3-4-11-19/h5-7,14H,3-4,8-13H2,1-2H3. The van der Waals surface area contributed by atoms with Gasteiger partial charge in [-0.2, -0.15) is 0 Å². The van der Waals surface area contributed by atoms with Crippen LogP contribution in [-0.2, 0) is 11.2 Å². The number of nitrogens with zero attached hydrogens (tertiary/aromatic N) is 2. The highest BCUT2D eigenvalue weighted by Gasteiger charge is 2.14. The number of carbonyl (C=O) groups excluding carboxylic acids is 1. The summed E-state index contributed by atoms with van der Waals surface area (Å²) in [5.74, 6) is 0.255. The molecule has 1 aromatic rings. The Bertz CT molecular complexity index is 438. The molecule has 1 amide bonds. The van der Waals surface area contributed by atoms with Crippen molar-refractivity contribution in [3.8, 4) is 0 Å². The van der Waals surface area contributed by atoms with Crippen LogP contribution in [0.4, 0.5) is 0 Å². The first-order valence-electron chi connectivity index (χ1n) is 7.67. The molecular weight excluding hydrogens is 248 g/mol. The first-order chi connectivity index (χ1) is 9.65. The molecule has 2 rings (SSSR count). The molecule has 1 aliphatic heterocycles. The molecule has 0 saturated carbocycles. The van der Waals surface area contributed by atoms with Crippen LogP contribution in [-0.4, -0.2) is 48.9 Å². The SMILES string of the molecule is Cc1cccc(CCC(=O)N(C)CCN2CCCC2)c1. The van der Waals surface area contributed by atoms with Crippen LogP contribution in [0.3, 0.4) is 0 Å². The lowest BCUT2D eigenvalue weighted by atomic mass is 10.1. The van der Waals surface area contributed by atoms with Gasteiger partial charge < -0.3 is 9.80 Å². The molecule has 0 aliphatic carbocycles. The largest absolute Gasteiger partial charge is 0.344 e. The van der Waals surface area contributed by atoms with Crippen molar-refractivity contribution >= 4 is 5.91 Å². The van der Waals surface area contributed by atoms with E-state index in [2.05, 4.69) is 36.1 Å². The third kappa shape index (κ3) is 4.64. The van der Waals surface area contributed by atoms with Crippen LogP contribution in [0.2, 0.25) is 0 Å². The van der Waals surface area contributed by atoms with Gasteiger partial charge in [-0.1, -0.05) is 29.8 Å². The first-order valence-corrected chi connectivity index (χ1v) is 7.67. The maximum Gasteiger partial charge on any atom is 0.222 e. The molecule has 0 N–H and O–H groups in total. The fraction of sp³-hybridized carbons (Fsp3) is 0.588. The number of amides is 1. The molecule has 110 valence electrons. The van der Waals surface area contributed by atoms with Gasteiger partial charge in [0.15, 0.2) is 0 Å². The van der Waals surface area contributed by atoms with Crippen molar-refractivity contribution in [3.05, 3.63) is 35.4 Å². The number of benzene rings is 1. The second kappa shape index (κ2) is 7.44. The number of rotatable bonds is 6. The molecule has 1 aliphatic rings. The highest BCUT2D eigenvalue weighted by atomic mass is 16.2. The van der Waals surface area contributed by atoms with Crippen LogP contribution in [0.25, 0.3) is 0 Å². The summed E-state index contributed by atoms with van der Waals surface area (Å²) >= 11 is 0. The predicted molar refractivity (Wildman–Crippen MR) is 82.8 cm³/mol. The second-order valence-electron chi connectivity index (χ2n) is 5.85. The van der Waals surface area contributed by atoms with Gasteiger partial charge in [0.1, 0.15) is 0 Å². The van der Waals surface area contributed by atoms with E-state index in [1.165, 1.54) is 37.1 Å². The summed E-state index contributed by atoms with van der Waals surface area (Å²) in [5.41, 5.74) is 2.52. The van der Waals surface area contributed by atoms with Crippen LogP contribution >= 0.6 is 0 Å². The summed E-state index contributed by atoms with van der Waals surface area (Å²) in [6, 6.07) is 8.42. The zero-order valence-corrected chi connectivity index (χ0v) is 12.8. The summed E-state index contributed by atoms with van der Waals surface area (Å²) in [6.45, 7) is 6.36. The lowest BCUT2D eigenvalue weighted by molar-refractivity contribution is -0.130. The zero-order valence-electron chi connectivity index (χ0n) is 12.8. The Kier molecular flexibility index (Phi) is 5.60. The Morgan fingerprint density at radius 2 is 2.05 bits per heavy atom. The minimum atomic E-state index is 0.255. The minimum absolute atomic E-state index is 0.255. The molecule has 0 unspecified atom stereocenters. The van der Waals surface area contributed by atoms with Crippen LogP contribution in [0, 0.1) is 6.92 Å². The summed E-state index contributed by atoms with van der Waals surface area (Å²) < 4.78 is 0. The van der Waals surface area contributed by atoms with E-state index in [1.807, 2.05) is 11.9 Å². The second-order valence-corrected chi connectivity index (χ2v) is 5.85. The topological polar surface area (TPSA) is 23.6 Å². The fourth-order valence-corrected chi connectivity index (χ4v) is 2.73. The van der Waals surface area contributed by atoms with Crippen molar-refractivity contribution in [1.29, 1.82) is 0 Å². The van der Waals surface area contributed by atoms with Crippen LogP contribution in [0.15, 0.2) is 24.3 Å². The normalized spacial score (nSPS) is 15.5. The quantitative estimate of drug-likeness (QED) is 0.795. The number of likely N-dealkylation sites (tertiary alicyclic amines) is 1. The molecule has 1 fully saturated rings. The van der Waals surface area contributed by atoms with Crippen molar-refractivity contribution in [2.75, 3.05) is 33.2 Å². The van der Waals surface area contributed by atoms with Gasteiger partial charge >= 0.3 is 0 Å². The Balaban J connectivity index is 1.70. The number of hydrogen-bond acceptors (Lipinski definition) is 2. The van der Waals surface area contributed by atoms with Crippen molar-refractivity contribution in [3.63, 3.8) is 0 Å². The maximum absolute atomic E-state index is 12.1. The Morgan fingerprint density at radius 3 is 2.75 bits per heavy atom. The van der Waals surface area contributed by atoms with Crippen LogP contribution < -0.4 is 0 Å². The van der Waals surface area contributed by atoms with E-state index in [4.69, 9.17) is 0 Å². The minimum Gasteiger partial charge on any atom is -0.344 e.